The van der Waals surface area contributed by atoms with Gasteiger partial charge in [-0.1, -0.05) is 17.3 Å². The van der Waals surface area contributed by atoms with Crippen molar-refractivity contribution in [2.24, 2.45) is 16.6 Å². The first kappa shape index (κ1) is 26.3. The highest BCUT2D eigenvalue weighted by Gasteiger charge is 2.22. The fourth-order valence-electron chi connectivity index (χ4n) is 3.23. The predicted octanol–water partition coefficient (Wildman–Crippen LogP) is 3.85. The summed E-state index contributed by atoms with van der Waals surface area (Å²) in [7, 11) is 1.36. The number of aliphatic imine (C=N–C) groups is 1. The molecule has 13 heteroatoms. The molecule has 3 heterocycles. The first-order valence-corrected chi connectivity index (χ1v) is 12.0. The second kappa shape index (κ2) is 12.0. The third kappa shape index (κ3) is 6.32. The molecule has 0 unspecified atom stereocenters. The lowest BCUT2D eigenvalue weighted by Crippen LogP contribution is -2.14. The van der Waals surface area contributed by atoms with Crippen LogP contribution in [0.2, 0.25) is 0 Å². The zero-order valence-corrected chi connectivity index (χ0v) is 20.8. The highest BCUT2D eigenvalue weighted by Crippen LogP contribution is 2.36. The molecule has 4 rings (SSSR count). The smallest absolute Gasteiger partial charge is 0.280 e. The number of aromatic nitrogens is 4. The van der Waals surface area contributed by atoms with Crippen LogP contribution in [0.25, 0.3) is 16.7 Å². The summed E-state index contributed by atoms with van der Waals surface area (Å²) in [6.45, 7) is -0.102. The zero-order valence-electron chi connectivity index (χ0n) is 20.0. The van der Waals surface area contributed by atoms with E-state index in [9.17, 15) is 13.6 Å². The van der Waals surface area contributed by atoms with Crippen LogP contribution in [0.15, 0.2) is 35.7 Å². The molecule has 1 fully saturated rings. The Morgan fingerprint density at radius 3 is 2.82 bits per heavy atom. The fourth-order valence-corrected chi connectivity index (χ4v) is 3.83. The Labute approximate surface area is 220 Å². The SMILES string of the molecule is COc1cnc(C(F)F)cc1-c1cc(/C(C=NCC#N)=C/N)ncc1C(=O)Nc1nnc(C#CC2CC2)s1. The summed E-state index contributed by atoms with van der Waals surface area (Å²) in [5.74, 6) is 5.96. The van der Waals surface area contributed by atoms with Crippen molar-refractivity contribution in [1.82, 2.24) is 20.2 Å². The van der Waals surface area contributed by atoms with Crippen LogP contribution >= 0.6 is 11.3 Å². The molecule has 0 saturated heterocycles. The molecule has 1 aliphatic carbocycles. The lowest BCUT2D eigenvalue weighted by Gasteiger charge is -2.15. The fraction of sp³-hybridized carbons (Fsp3) is 0.240. The van der Waals surface area contributed by atoms with E-state index < -0.39 is 18.0 Å². The van der Waals surface area contributed by atoms with Crippen molar-refractivity contribution < 1.29 is 18.3 Å². The number of nitrogens with two attached hydrogens (primary N) is 1. The number of hydrogen-bond acceptors (Lipinski definition) is 10. The molecule has 0 spiro atoms. The molecule has 1 aliphatic rings. The number of methoxy groups -OCH3 is 1. The average molecular weight is 535 g/mol. The number of carbonyl (C=O) groups excluding carboxylic acids is 1. The maximum atomic E-state index is 13.5. The van der Waals surface area contributed by atoms with Crippen molar-refractivity contribution in [2.45, 2.75) is 19.3 Å². The summed E-state index contributed by atoms with van der Waals surface area (Å²) in [6, 6.07) is 4.52. The minimum Gasteiger partial charge on any atom is -0.494 e. The van der Waals surface area contributed by atoms with Crippen LogP contribution in [-0.4, -0.2) is 45.9 Å². The van der Waals surface area contributed by atoms with Crippen LogP contribution in [0, 0.1) is 29.1 Å². The molecular formula is C25H20F2N8O2S. The number of amides is 1. The number of hydrogen-bond donors (Lipinski definition) is 2. The van der Waals surface area contributed by atoms with Gasteiger partial charge < -0.3 is 10.5 Å². The van der Waals surface area contributed by atoms with E-state index in [1.165, 1.54) is 31.8 Å². The monoisotopic (exact) mass is 534 g/mol. The molecule has 3 aromatic rings. The molecule has 0 atom stereocenters. The van der Waals surface area contributed by atoms with Crippen molar-refractivity contribution in [3.05, 3.63) is 52.7 Å². The van der Waals surface area contributed by atoms with Crippen LogP contribution in [-0.2, 0) is 0 Å². The summed E-state index contributed by atoms with van der Waals surface area (Å²) >= 11 is 1.11. The van der Waals surface area contributed by atoms with Crippen molar-refractivity contribution in [1.29, 1.82) is 5.26 Å². The largest absolute Gasteiger partial charge is 0.494 e. The van der Waals surface area contributed by atoms with E-state index in [1.807, 2.05) is 6.07 Å². The molecule has 3 N–H and O–H groups in total. The van der Waals surface area contributed by atoms with E-state index in [1.54, 1.807) is 0 Å². The van der Waals surface area contributed by atoms with Crippen LogP contribution in [0.5, 0.6) is 5.75 Å². The molecule has 1 saturated carbocycles. The van der Waals surface area contributed by atoms with Crippen LogP contribution in [0.3, 0.4) is 0 Å². The van der Waals surface area contributed by atoms with Crippen molar-refractivity contribution in [3.8, 4) is 34.8 Å². The van der Waals surface area contributed by atoms with Crippen LogP contribution < -0.4 is 15.8 Å². The number of pyridine rings is 2. The molecule has 3 aromatic heterocycles. The molecule has 10 nitrogen and oxygen atoms in total. The molecule has 1 amide bonds. The number of alkyl halides is 2. The second-order valence-corrected chi connectivity index (χ2v) is 8.86. The van der Waals surface area contributed by atoms with Gasteiger partial charge in [-0.3, -0.25) is 25.1 Å². The van der Waals surface area contributed by atoms with Crippen LogP contribution in [0.1, 0.15) is 46.0 Å². The molecule has 0 bridgehead atoms. The quantitative estimate of drug-likeness (QED) is 0.251. The maximum absolute atomic E-state index is 13.5. The lowest BCUT2D eigenvalue weighted by molar-refractivity contribution is 0.102. The molecule has 192 valence electrons. The minimum absolute atomic E-state index is 0.0459. The number of halogens is 2. The first-order chi connectivity index (χ1) is 18.4. The molecule has 0 aliphatic heterocycles. The first-order valence-electron chi connectivity index (χ1n) is 11.2. The van der Waals surface area contributed by atoms with Gasteiger partial charge in [-0.05, 0) is 30.9 Å². The Bertz CT molecular complexity index is 1510. The summed E-state index contributed by atoms with van der Waals surface area (Å²) < 4.78 is 32.4. The average Bonchev–Trinajstić information content (AvgIpc) is 3.66. The number of anilines is 1. The minimum atomic E-state index is -2.85. The van der Waals surface area contributed by atoms with Gasteiger partial charge in [-0.2, -0.15) is 5.26 Å². The van der Waals surface area contributed by atoms with Gasteiger partial charge in [0.05, 0.1) is 30.6 Å². The third-order valence-electron chi connectivity index (χ3n) is 5.24. The Balaban J connectivity index is 1.76. The number of nitrogens with one attached hydrogen (secondary N) is 1. The number of rotatable bonds is 8. The lowest BCUT2D eigenvalue weighted by atomic mass is 9.98. The van der Waals surface area contributed by atoms with E-state index in [-0.39, 0.29) is 39.8 Å². The van der Waals surface area contributed by atoms with Crippen molar-refractivity contribution >= 4 is 34.2 Å². The Hall–Kier alpha value is -4.75. The zero-order chi connectivity index (χ0) is 27.1. The van der Waals surface area contributed by atoms with Gasteiger partial charge in [-0.25, -0.2) is 8.78 Å². The third-order valence-corrected chi connectivity index (χ3v) is 6.00. The van der Waals surface area contributed by atoms with Crippen molar-refractivity contribution in [2.75, 3.05) is 19.0 Å². The van der Waals surface area contributed by atoms with Crippen molar-refractivity contribution in [3.63, 3.8) is 0 Å². The van der Waals surface area contributed by atoms with E-state index in [0.29, 0.717) is 16.5 Å². The topological polar surface area (TPSA) is 152 Å². The summed E-state index contributed by atoms with van der Waals surface area (Å²) in [5, 5.41) is 20.0. The van der Waals surface area contributed by atoms with Gasteiger partial charge in [0, 0.05) is 41.2 Å². The normalized spacial score (nSPS) is 13.2. The molecule has 0 radical (unpaired) electrons. The van der Waals surface area contributed by atoms with Crippen LogP contribution in [0.4, 0.5) is 13.9 Å². The predicted molar refractivity (Wildman–Crippen MR) is 138 cm³/mol. The number of carbonyl (C=O) groups is 1. The second-order valence-electron chi connectivity index (χ2n) is 7.89. The van der Waals surface area contributed by atoms with Gasteiger partial charge in [0.1, 0.15) is 18.0 Å². The van der Waals surface area contributed by atoms with E-state index in [2.05, 4.69) is 42.3 Å². The summed E-state index contributed by atoms with van der Waals surface area (Å²) in [6.07, 6.45) is 4.30. The highest BCUT2D eigenvalue weighted by atomic mass is 32.1. The summed E-state index contributed by atoms with van der Waals surface area (Å²) in [5.41, 5.74) is 6.31. The van der Waals surface area contributed by atoms with Gasteiger partial charge in [0.25, 0.3) is 12.3 Å². The highest BCUT2D eigenvalue weighted by molar-refractivity contribution is 7.15. The Morgan fingerprint density at radius 2 is 2.13 bits per heavy atom. The Kier molecular flexibility index (Phi) is 8.30. The Morgan fingerprint density at radius 1 is 1.32 bits per heavy atom. The molecular weight excluding hydrogens is 514 g/mol. The van der Waals surface area contributed by atoms with E-state index in [4.69, 9.17) is 15.7 Å². The van der Waals surface area contributed by atoms with E-state index >= 15 is 0 Å². The molecule has 0 aromatic carbocycles. The van der Waals surface area contributed by atoms with Gasteiger partial charge in [0.15, 0.2) is 5.01 Å². The number of ether oxygens (including phenoxy) is 1. The number of allylic oxidation sites excluding steroid dienone is 1. The van der Waals surface area contributed by atoms with Gasteiger partial charge >= 0.3 is 0 Å². The van der Waals surface area contributed by atoms with Gasteiger partial charge in [-0.15, -0.1) is 10.2 Å². The van der Waals surface area contributed by atoms with Gasteiger partial charge in [0.2, 0.25) is 5.13 Å². The summed E-state index contributed by atoms with van der Waals surface area (Å²) in [4.78, 5) is 25.3. The standard InChI is InChI=1S/C25H20F2N8O2S/c1-37-21-13-32-20(23(26)27)9-17(21)16-8-19(15(10-29)11-30-7-6-28)31-12-18(16)24(36)33-25-35-34-22(38-25)5-4-14-2-3-14/h8-14,23H,2-3,7,29H2,1H3,(H,33,35,36)/b15-10+,30-11?. The van der Waals surface area contributed by atoms with E-state index in [0.717, 1.165) is 36.4 Å². The molecule has 38 heavy (non-hydrogen) atoms. The maximum Gasteiger partial charge on any atom is 0.280 e. The number of nitriles is 1. The number of nitrogens with zero attached hydrogens (tertiary/aromatic N) is 6.